The topological polar surface area (TPSA) is 29.1 Å². The highest BCUT2D eigenvalue weighted by atomic mass is 16.1. The zero-order valence-electron chi connectivity index (χ0n) is 9.14. The van der Waals surface area contributed by atoms with Crippen molar-refractivity contribution in [2.75, 3.05) is 21.1 Å². The van der Waals surface area contributed by atoms with Gasteiger partial charge in [-0.05, 0) is 19.9 Å². The van der Waals surface area contributed by atoms with Crippen LogP contribution in [0.5, 0.6) is 0 Å². The number of quaternary nitrogens is 1. The van der Waals surface area contributed by atoms with E-state index in [0.717, 1.165) is 5.82 Å². The van der Waals surface area contributed by atoms with Gasteiger partial charge in [-0.25, -0.2) is 0 Å². The second kappa shape index (κ2) is 4.23. The van der Waals surface area contributed by atoms with Crippen LogP contribution in [0.3, 0.4) is 0 Å². The highest BCUT2D eigenvalue weighted by Crippen LogP contribution is 2.04. The van der Waals surface area contributed by atoms with Crippen molar-refractivity contribution in [2.24, 2.45) is 0 Å². The van der Waals surface area contributed by atoms with E-state index in [2.05, 4.69) is 11.9 Å². The van der Waals surface area contributed by atoms with Crippen molar-refractivity contribution in [3.63, 3.8) is 0 Å². The molecule has 3 nitrogen and oxygen atoms in total. The Balaban J connectivity index is 4.51. The minimum absolute atomic E-state index is 0.124. The molecule has 0 aromatic carbocycles. The van der Waals surface area contributed by atoms with Crippen molar-refractivity contribution < 1.29 is 9.28 Å². The molecule has 0 rings (SSSR count). The quantitative estimate of drug-likeness (QED) is 0.518. The van der Waals surface area contributed by atoms with E-state index in [1.807, 2.05) is 34.1 Å². The summed E-state index contributed by atoms with van der Waals surface area (Å²) in [7, 11) is 5.98. The summed E-state index contributed by atoms with van der Waals surface area (Å²) in [6.45, 7) is 7.17. The molecule has 13 heavy (non-hydrogen) atoms. The van der Waals surface area contributed by atoms with Gasteiger partial charge < -0.3 is 0 Å². The Morgan fingerprint density at radius 3 is 2.08 bits per heavy atom. The number of hydrogen-bond acceptors (Lipinski definition) is 1. The fraction of sp³-hybridized carbons (Fsp3) is 0.500. The maximum atomic E-state index is 11.3. The van der Waals surface area contributed by atoms with Crippen LogP contribution >= 0.6 is 0 Å². The summed E-state index contributed by atoms with van der Waals surface area (Å²) in [5.74, 6) is 0.745. The minimum Gasteiger partial charge on any atom is -0.284 e. The number of nitrogens with zero attached hydrogens (tertiary/aromatic N) is 1. The van der Waals surface area contributed by atoms with Gasteiger partial charge in [0.25, 0.3) is 5.91 Å². The van der Waals surface area contributed by atoms with Crippen LogP contribution in [-0.4, -0.2) is 31.5 Å². The van der Waals surface area contributed by atoms with Crippen molar-refractivity contribution in [1.82, 2.24) is 5.32 Å². The van der Waals surface area contributed by atoms with E-state index in [0.29, 0.717) is 10.1 Å². The number of hydrogen-bond donors (Lipinski definition) is 1. The van der Waals surface area contributed by atoms with Crippen molar-refractivity contribution in [3.05, 3.63) is 24.0 Å². The molecule has 0 aliphatic carbocycles. The van der Waals surface area contributed by atoms with Crippen LogP contribution in [0.2, 0.25) is 0 Å². The predicted octanol–water partition coefficient (Wildman–Crippen LogP) is 1.25. The molecule has 0 aromatic rings. The predicted molar refractivity (Wildman–Crippen MR) is 54.7 cm³/mol. The molecule has 74 valence electrons. The van der Waals surface area contributed by atoms with Crippen molar-refractivity contribution in [3.8, 4) is 0 Å². The molecule has 0 radical (unpaired) electrons. The average molecular weight is 183 g/mol. The van der Waals surface area contributed by atoms with E-state index in [4.69, 9.17) is 0 Å². The molecule has 3 heteroatoms. The maximum absolute atomic E-state index is 11.3. The summed E-state index contributed by atoms with van der Waals surface area (Å²) >= 11 is 0. The Labute approximate surface area is 80.3 Å². The highest BCUT2D eigenvalue weighted by molar-refractivity contribution is 5.93. The SMILES string of the molecule is C=C(C)C(=O)NC(=CC)[N+](C)(C)C. The summed E-state index contributed by atoms with van der Waals surface area (Å²) in [6, 6.07) is 0. The van der Waals surface area contributed by atoms with Gasteiger partial charge in [0.15, 0.2) is 0 Å². The third-order valence-electron chi connectivity index (χ3n) is 1.63. The molecule has 0 heterocycles. The molecular formula is C10H19N2O+. The van der Waals surface area contributed by atoms with Gasteiger partial charge in [-0.15, -0.1) is 0 Å². The fourth-order valence-corrected chi connectivity index (χ4v) is 0.850. The van der Waals surface area contributed by atoms with Crippen LogP contribution in [0.1, 0.15) is 13.8 Å². The number of amides is 1. The molecular weight excluding hydrogens is 164 g/mol. The maximum Gasteiger partial charge on any atom is 0.254 e. The first kappa shape index (κ1) is 11.9. The van der Waals surface area contributed by atoms with Crippen molar-refractivity contribution in [1.29, 1.82) is 0 Å². The lowest BCUT2D eigenvalue weighted by atomic mass is 10.3. The summed E-state index contributed by atoms with van der Waals surface area (Å²) < 4.78 is 0.593. The Kier molecular flexibility index (Phi) is 3.88. The monoisotopic (exact) mass is 183 g/mol. The summed E-state index contributed by atoms with van der Waals surface area (Å²) in [5.41, 5.74) is 0.521. The van der Waals surface area contributed by atoms with Crippen LogP contribution in [0.25, 0.3) is 0 Å². The lowest BCUT2D eigenvalue weighted by Crippen LogP contribution is -2.42. The number of carbonyl (C=O) groups excluding carboxylic acids is 1. The van der Waals surface area contributed by atoms with Gasteiger partial charge in [-0.2, -0.15) is 0 Å². The molecule has 0 atom stereocenters. The molecule has 0 aliphatic rings. The second-order valence-electron chi connectivity index (χ2n) is 3.92. The lowest BCUT2D eigenvalue weighted by Gasteiger charge is -2.26. The molecule has 0 aromatic heterocycles. The van der Waals surface area contributed by atoms with Gasteiger partial charge in [0.2, 0.25) is 5.82 Å². The second-order valence-corrected chi connectivity index (χ2v) is 3.92. The minimum atomic E-state index is -0.124. The Bertz CT molecular complexity index is 246. The van der Waals surface area contributed by atoms with E-state index in [-0.39, 0.29) is 5.91 Å². The number of allylic oxidation sites excluding steroid dienone is 1. The molecule has 0 spiro atoms. The fourth-order valence-electron chi connectivity index (χ4n) is 0.850. The van der Waals surface area contributed by atoms with E-state index in [9.17, 15) is 4.79 Å². The third kappa shape index (κ3) is 3.90. The van der Waals surface area contributed by atoms with E-state index in [1.165, 1.54) is 0 Å². The highest BCUT2D eigenvalue weighted by Gasteiger charge is 2.17. The van der Waals surface area contributed by atoms with Gasteiger partial charge in [0, 0.05) is 5.57 Å². The van der Waals surface area contributed by atoms with Gasteiger partial charge in [-0.3, -0.25) is 14.6 Å². The van der Waals surface area contributed by atoms with Crippen LogP contribution in [0.15, 0.2) is 24.0 Å². The summed E-state index contributed by atoms with van der Waals surface area (Å²) in [5, 5.41) is 2.80. The Morgan fingerprint density at radius 2 is 1.85 bits per heavy atom. The summed E-state index contributed by atoms with van der Waals surface area (Å²) in [4.78, 5) is 11.3. The van der Waals surface area contributed by atoms with Gasteiger partial charge >= 0.3 is 0 Å². The first-order valence-corrected chi connectivity index (χ1v) is 4.24. The normalized spacial score (nSPS) is 12.5. The number of nitrogens with one attached hydrogen (secondary N) is 1. The largest absolute Gasteiger partial charge is 0.284 e. The zero-order valence-corrected chi connectivity index (χ0v) is 9.14. The van der Waals surface area contributed by atoms with E-state index in [1.54, 1.807) is 6.92 Å². The van der Waals surface area contributed by atoms with E-state index >= 15 is 0 Å². The van der Waals surface area contributed by atoms with Gasteiger partial charge in [0.05, 0.1) is 21.1 Å². The number of carbonyl (C=O) groups is 1. The molecule has 1 amide bonds. The molecule has 0 saturated carbocycles. The van der Waals surface area contributed by atoms with Crippen LogP contribution in [0, 0.1) is 0 Å². The smallest absolute Gasteiger partial charge is 0.254 e. The average Bonchev–Trinajstić information content (AvgIpc) is 1.96. The Morgan fingerprint density at radius 1 is 1.38 bits per heavy atom. The lowest BCUT2D eigenvalue weighted by molar-refractivity contribution is -0.834. The molecule has 0 saturated heterocycles. The van der Waals surface area contributed by atoms with Gasteiger partial charge in [-0.1, -0.05) is 6.58 Å². The molecule has 0 unspecified atom stereocenters. The van der Waals surface area contributed by atoms with Crippen LogP contribution in [0.4, 0.5) is 0 Å². The Hall–Kier alpha value is -1.09. The molecule has 0 aliphatic heterocycles. The molecule has 1 N–H and O–H groups in total. The van der Waals surface area contributed by atoms with Crippen LogP contribution < -0.4 is 5.32 Å². The van der Waals surface area contributed by atoms with Crippen molar-refractivity contribution >= 4 is 5.91 Å². The van der Waals surface area contributed by atoms with Crippen LogP contribution in [-0.2, 0) is 4.79 Å². The first-order chi connectivity index (χ1) is 5.79. The van der Waals surface area contributed by atoms with Gasteiger partial charge in [0.1, 0.15) is 0 Å². The first-order valence-electron chi connectivity index (χ1n) is 4.24. The molecule has 0 bridgehead atoms. The summed E-state index contributed by atoms with van der Waals surface area (Å²) in [6.07, 6.45) is 1.89. The van der Waals surface area contributed by atoms with E-state index < -0.39 is 0 Å². The third-order valence-corrected chi connectivity index (χ3v) is 1.63. The number of rotatable bonds is 3. The standard InChI is InChI=1S/C10H18N2O/c1-7-9(12(4,5)6)11-10(13)8(2)3/h7H,2H2,1,3-6H3/p+1. The zero-order chi connectivity index (χ0) is 10.6. The van der Waals surface area contributed by atoms with Crippen molar-refractivity contribution in [2.45, 2.75) is 13.8 Å². The molecule has 0 fully saturated rings.